The molecule has 0 radical (unpaired) electrons. The van der Waals surface area contributed by atoms with Crippen molar-refractivity contribution in [2.45, 2.75) is 25.0 Å². The SMILES string of the molecule is COC1(c2cc(F)cc(OCc3ccc4oc(=O)ccc4c3)c2)CCOCC1. The predicted octanol–water partition coefficient (Wildman–Crippen LogP) is 4.16. The number of rotatable bonds is 5. The molecule has 1 fully saturated rings. The second kappa shape index (κ2) is 7.73. The van der Waals surface area contributed by atoms with Gasteiger partial charge in [0.25, 0.3) is 0 Å². The monoisotopic (exact) mass is 384 g/mol. The Morgan fingerprint density at radius 2 is 1.89 bits per heavy atom. The lowest BCUT2D eigenvalue weighted by Crippen LogP contribution is -2.35. The van der Waals surface area contributed by atoms with Crippen molar-refractivity contribution in [2.24, 2.45) is 0 Å². The Hall–Kier alpha value is -2.70. The number of methoxy groups -OCH3 is 1. The number of ether oxygens (including phenoxy) is 3. The molecule has 0 N–H and O–H groups in total. The lowest BCUT2D eigenvalue weighted by molar-refractivity contribution is -0.0950. The standard InChI is InChI=1S/C22H21FO5/c1-25-22(6-8-26-9-7-22)17-11-18(23)13-19(12-17)27-14-15-2-4-20-16(10-15)3-5-21(24)28-20/h2-5,10-13H,6-9,14H2,1H3. The fourth-order valence-corrected chi connectivity index (χ4v) is 3.60. The van der Waals surface area contributed by atoms with E-state index in [9.17, 15) is 9.18 Å². The summed E-state index contributed by atoms with van der Waals surface area (Å²) < 4.78 is 36.4. The Labute approximate surface area is 161 Å². The lowest BCUT2D eigenvalue weighted by Gasteiger charge is -2.36. The number of fused-ring (bicyclic) bond motifs is 1. The van der Waals surface area contributed by atoms with Crippen molar-refractivity contribution in [3.05, 3.63) is 75.9 Å². The van der Waals surface area contributed by atoms with Crippen LogP contribution in [0.5, 0.6) is 5.75 Å². The molecule has 146 valence electrons. The molecular weight excluding hydrogens is 363 g/mol. The fraction of sp³-hybridized carbons (Fsp3) is 0.318. The van der Waals surface area contributed by atoms with Gasteiger partial charge >= 0.3 is 5.63 Å². The fourth-order valence-electron chi connectivity index (χ4n) is 3.60. The molecule has 1 aliphatic rings. The summed E-state index contributed by atoms with van der Waals surface area (Å²) in [4.78, 5) is 11.3. The van der Waals surface area contributed by atoms with Crippen molar-refractivity contribution >= 4 is 11.0 Å². The predicted molar refractivity (Wildman–Crippen MR) is 102 cm³/mol. The van der Waals surface area contributed by atoms with Gasteiger partial charge in [-0.15, -0.1) is 0 Å². The first-order valence-electron chi connectivity index (χ1n) is 9.18. The number of hydrogen-bond acceptors (Lipinski definition) is 5. The Kier molecular flexibility index (Phi) is 5.15. The largest absolute Gasteiger partial charge is 0.489 e. The van der Waals surface area contributed by atoms with Gasteiger partial charge in [0, 0.05) is 50.7 Å². The molecule has 1 aromatic heterocycles. The maximum Gasteiger partial charge on any atom is 0.336 e. The van der Waals surface area contributed by atoms with E-state index in [1.54, 1.807) is 19.2 Å². The van der Waals surface area contributed by atoms with Gasteiger partial charge in [0.2, 0.25) is 0 Å². The average Bonchev–Trinajstić information content (AvgIpc) is 2.72. The van der Waals surface area contributed by atoms with E-state index in [2.05, 4.69) is 0 Å². The summed E-state index contributed by atoms with van der Waals surface area (Å²) in [5, 5.41) is 0.807. The van der Waals surface area contributed by atoms with Crippen LogP contribution in [0.3, 0.4) is 0 Å². The molecule has 2 aromatic carbocycles. The van der Waals surface area contributed by atoms with Gasteiger partial charge in [-0.25, -0.2) is 9.18 Å². The van der Waals surface area contributed by atoms with Crippen LogP contribution in [0.2, 0.25) is 0 Å². The van der Waals surface area contributed by atoms with E-state index >= 15 is 0 Å². The third-order valence-corrected chi connectivity index (χ3v) is 5.18. The Morgan fingerprint density at radius 3 is 2.68 bits per heavy atom. The van der Waals surface area contributed by atoms with Crippen LogP contribution in [-0.2, 0) is 21.7 Å². The molecular formula is C22H21FO5. The van der Waals surface area contributed by atoms with Crippen molar-refractivity contribution in [2.75, 3.05) is 20.3 Å². The smallest absolute Gasteiger partial charge is 0.336 e. The van der Waals surface area contributed by atoms with E-state index in [0.29, 0.717) is 37.4 Å². The normalized spacial score (nSPS) is 16.2. The highest BCUT2D eigenvalue weighted by Gasteiger charge is 2.35. The summed E-state index contributed by atoms with van der Waals surface area (Å²) in [5.41, 5.74) is 1.22. The third kappa shape index (κ3) is 3.79. The van der Waals surface area contributed by atoms with Gasteiger partial charge in [-0.1, -0.05) is 6.07 Å². The molecule has 4 rings (SSSR count). The molecule has 1 aliphatic heterocycles. The number of halogens is 1. The van der Waals surface area contributed by atoms with Crippen molar-refractivity contribution in [1.82, 2.24) is 0 Å². The Morgan fingerprint density at radius 1 is 1.07 bits per heavy atom. The van der Waals surface area contributed by atoms with Gasteiger partial charge in [0.15, 0.2) is 0 Å². The van der Waals surface area contributed by atoms with Crippen LogP contribution in [0.25, 0.3) is 11.0 Å². The summed E-state index contributed by atoms with van der Waals surface area (Å²) in [6, 6.07) is 13.2. The van der Waals surface area contributed by atoms with Crippen LogP contribution in [0.4, 0.5) is 4.39 Å². The van der Waals surface area contributed by atoms with E-state index in [1.165, 1.54) is 18.2 Å². The third-order valence-electron chi connectivity index (χ3n) is 5.18. The van der Waals surface area contributed by atoms with Crippen LogP contribution in [0.1, 0.15) is 24.0 Å². The highest BCUT2D eigenvalue weighted by atomic mass is 19.1. The summed E-state index contributed by atoms with van der Waals surface area (Å²) in [5.74, 6) is 0.0771. The molecule has 1 saturated heterocycles. The number of benzene rings is 2. The first-order chi connectivity index (χ1) is 13.6. The van der Waals surface area contributed by atoms with E-state index in [0.717, 1.165) is 16.5 Å². The highest BCUT2D eigenvalue weighted by Crippen LogP contribution is 2.37. The van der Waals surface area contributed by atoms with E-state index in [-0.39, 0.29) is 18.0 Å². The van der Waals surface area contributed by atoms with E-state index in [4.69, 9.17) is 18.6 Å². The Balaban J connectivity index is 1.56. The second-order valence-corrected chi connectivity index (χ2v) is 6.90. The van der Waals surface area contributed by atoms with Crippen LogP contribution in [-0.4, -0.2) is 20.3 Å². The summed E-state index contributed by atoms with van der Waals surface area (Å²) >= 11 is 0. The maximum atomic E-state index is 14.3. The zero-order valence-electron chi connectivity index (χ0n) is 15.6. The maximum absolute atomic E-state index is 14.3. The molecule has 6 heteroatoms. The van der Waals surface area contributed by atoms with Gasteiger partial charge in [-0.3, -0.25) is 0 Å². The quantitative estimate of drug-likeness (QED) is 0.618. The van der Waals surface area contributed by atoms with Gasteiger partial charge in [-0.2, -0.15) is 0 Å². The van der Waals surface area contributed by atoms with E-state index < -0.39 is 5.60 Å². The molecule has 0 bridgehead atoms. The molecule has 0 aliphatic carbocycles. The van der Waals surface area contributed by atoms with Crippen molar-refractivity contribution < 1.29 is 23.0 Å². The lowest BCUT2D eigenvalue weighted by atomic mass is 9.86. The summed E-state index contributed by atoms with van der Waals surface area (Å²) in [6.07, 6.45) is 1.34. The van der Waals surface area contributed by atoms with Crippen molar-refractivity contribution in [3.63, 3.8) is 0 Å². The minimum absolute atomic E-state index is 0.265. The minimum Gasteiger partial charge on any atom is -0.489 e. The molecule has 0 saturated carbocycles. The van der Waals surface area contributed by atoms with Crippen LogP contribution < -0.4 is 10.4 Å². The average molecular weight is 384 g/mol. The summed E-state index contributed by atoms with van der Waals surface area (Å²) in [6.45, 7) is 1.42. The van der Waals surface area contributed by atoms with Gasteiger partial charge in [0.1, 0.15) is 23.8 Å². The Bertz CT molecular complexity index is 1040. The molecule has 28 heavy (non-hydrogen) atoms. The van der Waals surface area contributed by atoms with E-state index in [1.807, 2.05) is 18.2 Å². The second-order valence-electron chi connectivity index (χ2n) is 6.90. The first kappa shape index (κ1) is 18.7. The van der Waals surface area contributed by atoms with Crippen LogP contribution in [0, 0.1) is 5.82 Å². The van der Waals surface area contributed by atoms with Gasteiger partial charge in [-0.05, 0) is 41.5 Å². The van der Waals surface area contributed by atoms with Gasteiger partial charge < -0.3 is 18.6 Å². The van der Waals surface area contributed by atoms with Crippen LogP contribution in [0.15, 0.2) is 57.7 Å². The zero-order valence-corrected chi connectivity index (χ0v) is 15.6. The van der Waals surface area contributed by atoms with Crippen LogP contribution >= 0.6 is 0 Å². The molecule has 2 heterocycles. The molecule has 0 spiro atoms. The number of hydrogen-bond donors (Lipinski definition) is 0. The van der Waals surface area contributed by atoms with Gasteiger partial charge in [0.05, 0.1) is 5.60 Å². The molecule has 0 atom stereocenters. The minimum atomic E-state index is -0.557. The molecule has 0 amide bonds. The zero-order chi connectivity index (χ0) is 19.6. The topological polar surface area (TPSA) is 57.9 Å². The highest BCUT2D eigenvalue weighted by molar-refractivity contribution is 5.76. The van der Waals surface area contributed by atoms with Crippen molar-refractivity contribution in [1.29, 1.82) is 0 Å². The first-order valence-corrected chi connectivity index (χ1v) is 9.18. The summed E-state index contributed by atoms with van der Waals surface area (Å²) in [7, 11) is 1.64. The van der Waals surface area contributed by atoms with Crippen molar-refractivity contribution in [3.8, 4) is 5.75 Å². The molecule has 3 aromatic rings. The molecule has 0 unspecified atom stereocenters. The molecule has 5 nitrogen and oxygen atoms in total.